The lowest BCUT2D eigenvalue weighted by molar-refractivity contribution is 0.199. The number of nitrogens with zero attached hydrogens (tertiary/aromatic N) is 3. The molecule has 0 atom stereocenters. The first kappa shape index (κ1) is 15.9. The smallest absolute Gasteiger partial charge is 0.164 e. The molecule has 0 aliphatic rings. The summed E-state index contributed by atoms with van der Waals surface area (Å²) in [6.07, 6.45) is 1.74. The molecule has 1 aromatic carbocycles. The molecule has 0 bridgehead atoms. The molecular formula is C14H19BrN4O2. The summed E-state index contributed by atoms with van der Waals surface area (Å²) in [6, 6.07) is 5.88. The number of hydrogen-bond donors (Lipinski definition) is 1. The second-order valence-electron chi connectivity index (χ2n) is 4.49. The van der Waals surface area contributed by atoms with Crippen molar-refractivity contribution in [3.63, 3.8) is 0 Å². The first-order valence-corrected chi connectivity index (χ1v) is 7.42. The van der Waals surface area contributed by atoms with Gasteiger partial charge in [-0.15, -0.1) is 0 Å². The van der Waals surface area contributed by atoms with Gasteiger partial charge in [-0.25, -0.2) is 9.67 Å². The molecule has 0 fully saturated rings. The second kappa shape index (κ2) is 8.11. The molecule has 0 unspecified atom stereocenters. The van der Waals surface area contributed by atoms with Crippen LogP contribution < -0.4 is 10.1 Å². The van der Waals surface area contributed by atoms with Gasteiger partial charge in [0.05, 0.1) is 26.8 Å². The van der Waals surface area contributed by atoms with Gasteiger partial charge in [-0.2, -0.15) is 5.10 Å². The van der Waals surface area contributed by atoms with Crippen LogP contribution in [0.5, 0.6) is 5.75 Å². The van der Waals surface area contributed by atoms with Crippen molar-refractivity contribution in [1.82, 2.24) is 20.1 Å². The first-order chi connectivity index (χ1) is 10.2. The Morgan fingerprint density at radius 3 is 2.95 bits per heavy atom. The minimum absolute atomic E-state index is 0.635. The molecular weight excluding hydrogens is 336 g/mol. The molecule has 6 nitrogen and oxygen atoms in total. The van der Waals surface area contributed by atoms with Crippen molar-refractivity contribution in [3.8, 4) is 5.75 Å². The van der Waals surface area contributed by atoms with Gasteiger partial charge in [-0.05, 0) is 23.8 Å². The molecule has 1 heterocycles. The highest BCUT2D eigenvalue weighted by Gasteiger charge is 2.06. The van der Waals surface area contributed by atoms with E-state index in [4.69, 9.17) is 9.47 Å². The Morgan fingerprint density at radius 1 is 1.33 bits per heavy atom. The Balaban J connectivity index is 1.96. The molecule has 0 amide bonds. The molecule has 0 saturated heterocycles. The predicted molar refractivity (Wildman–Crippen MR) is 83.4 cm³/mol. The molecule has 1 aromatic heterocycles. The first-order valence-electron chi connectivity index (χ1n) is 6.63. The number of aromatic nitrogens is 3. The van der Waals surface area contributed by atoms with Crippen LogP contribution in [0.3, 0.4) is 0 Å². The maximum Gasteiger partial charge on any atom is 0.164 e. The van der Waals surface area contributed by atoms with Crippen LogP contribution in [0.15, 0.2) is 29.0 Å². The molecule has 0 aliphatic heterocycles. The fourth-order valence-corrected chi connectivity index (χ4v) is 2.21. The third-order valence-corrected chi connectivity index (χ3v) is 3.71. The predicted octanol–water partition coefficient (Wildman–Crippen LogP) is 1.83. The highest BCUT2D eigenvalue weighted by atomic mass is 79.9. The lowest BCUT2D eigenvalue weighted by atomic mass is 10.2. The summed E-state index contributed by atoms with van der Waals surface area (Å²) in [7, 11) is 3.34. The maximum absolute atomic E-state index is 5.24. The largest absolute Gasteiger partial charge is 0.497 e. The Bertz CT molecular complexity index is 574. The van der Waals surface area contributed by atoms with Crippen LogP contribution in [0, 0.1) is 0 Å². The van der Waals surface area contributed by atoms with E-state index >= 15 is 0 Å². The molecule has 114 valence electrons. The van der Waals surface area contributed by atoms with Crippen molar-refractivity contribution in [2.24, 2.45) is 0 Å². The van der Waals surface area contributed by atoms with E-state index in [1.165, 1.54) is 0 Å². The monoisotopic (exact) mass is 354 g/mol. The van der Waals surface area contributed by atoms with Gasteiger partial charge in [-0.1, -0.05) is 15.9 Å². The van der Waals surface area contributed by atoms with E-state index < -0.39 is 0 Å². The molecule has 0 saturated carbocycles. The third kappa shape index (κ3) is 4.80. The quantitative estimate of drug-likeness (QED) is 0.732. The number of rotatable bonds is 8. The Morgan fingerprint density at radius 2 is 2.19 bits per heavy atom. The van der Waals surface area contributed by atoms with E-state index in [-0.39, 0.29) is 0 Å². The van der Waals surface area contributed by atoms with Crippen LogP contribution in [0.4, 0.5) is 0 Å². The molecule has 1 N–H and O–H groups in total. The number of hydrogen-bond acceptors (Lipinski definition) is 5. The van der Waals surface area contributed by atoms with Gasteiger partial charge in [0, 0.05) is 18.1 Å². The van der Waals surface area contributed by atoms with E-state index in [0.29, 0.717) is 19.7 Å². The molecule has 0 aliphatic carbocycles. The Hall–Kier alpha value is -1.44. The molecule has 21 heavy (non-hydrogen) atoms. The zero-order valence-corrected chi connectivity index (χ0v) is 13.8. The summed E-state index contributed by atoms with van der Waals surface area (Å²) >= 11 is 3.54. The Labute approximate surface area is 132 Å². The van der Waals surface area contributed by atoms with Gasteiger partial charge in [0.1, 0.15) is 12.1 Å². The van der Waals surface area contributed by atoms with E-state index in [2.05, 4.69) is 31.3 Å². The van der Waals surface area contributed by atoms with Crippen LogP contribution in [-0.2, 0) is 17.8 Å². The van der Waals surface area contributed by atoms with E-state index in [9.17, 15) is 0 Å². The fourth-order valence-electron chi connectivity index (χ4n) is 1.84. The molecule has 7 heteroatoms. The second-order valence-corrected chi connectivity index (χ2v) is 5.34. The van der Waals surface area contributed by atoms with Crippen molar-refractivity contribution in [2.75, 3.05) is 27.4 Å². The van der Waals surface area contributed by atoms with E-state index in [0.717, 1.165) is 28.2 Å². The van der Waals surface area contributed by atoms with Gasteiger partial charge >= 0.3 is 0 Å². The summed E-state index contributed by atoms with van der Waals surface area (Å²) in [5.74, 6) is 1.60. The van der Waals surface area contributed by atoms with Crippen LogP contribution in [-0.4, -0.2) is 42.1 Å². The highest BCUT2D eigenvalue weighted by molar-refractivity contribution is 9.10. The topological polar surface area (TPSA) is 61.2 Å². The minimum Gasteiger partial charge on any atom is -0.497 e. The van der Waals surface area contributed by atoms with E-state index in [1.807, 2.05) is 22.9 Å². The van der Waals surface area contributed by atoms with Crippen molar-refractivity contribution in [3.05, 3.63) is 40.4 Å². The lowest BCUT2D eigenvalue weighted by Gasteiger charge is -2.07. The average Bonchev–Trinajstić information content (AvgIpc) is 2.93. The number of ether oxygens (including phenoxy) is 2. The van der Waals surface area contributed by atoms with E-state index in [1.54, 1.807) is 20.5 Å². The molecule has 0 spiro atoms. The van der Waals surface area contributed by atoms with Gasteiger partial charge < -0.3 is 14.8 Å². The molecule has 2 aromatic rings. The van der Waals surface area contributed by atoms with Gasteiger partial charge in [0.2, 0.25) is 0 Å². The summed E-state index contributed by atoms with van der Waals surface area (Å²) < 4.78 is 13.1. The minimum atomic E-state index is 0.635. The van der Waals surface area contributed by atoms with Gasteiger partial charge in [0.25, 0.3) is 0 Å². The summed E-state index contributed by atoms with van der Waals surface area (Å²) in [5.41, 5.74) is 1.10. The zero-order chi connectivity index (χ0) is 15.1. The molecule has 0 radical (unpaired) electrons. The lowest BCUT2D eigenvalue weighted by Crippen LogP contribution is -2.19. The third-order valence-electron chi connectivity index (χ3n) is 2.94. The maximum atomic E-state index is 5.24. The average molecular weight is 355 g/mol. The Kier molecular flexibility index (Phi) is 6.16. The normalized spacial score (nSPS) is 10.8. The SMILES string of the molecule is COCCNCc1ncn(Cc2cc(OC)ccc2Br)n1. The van der Waals surface area contributed by atoms with Crippen molar-refractivity contribution in [1.29, 1.82) is 0 Å². The standard InChI is InChI=1S/C14H19BrN4O2/c1-20-6-5-16-8-14-17-10-19(18-14)9-11-7-12(21-2)3-4-13(11)15/h3-4,7,10,16H,5-6,8-9H2,1-2H3. The van der Waals surface area contributed by atoms with Crippen LogP contribution in [0.1, 0.15) is 11.4 Å². The number of benzene rings is 1. The molecule has 2 rings (SSSR count). The van der Waals surface area contributed by atoms with Crippen molar-refractivity contribution >= 4 is 15.9 Å². The number of halogens is 1. The zero-order valence-electron chi connectivity index (χ0n) is 12.2. The number of methoxy groups -OCH3 is 2. The number of nitrogens with one attached hydrogen (secondary N) is 1. The van der Waals surface area contributed by atoms with Crippen LogP contribution >= 0.6 is 15.9 Å². The van der Waals surface area contributed by atoms with Crippen LogP contribution in [0.25, 0.3) is 0 Å². The summed E-state index contributed by atoms with van der Waals surface area (Å²) in [6.45, 7) is 2.74. The van der Waals surface area contributed by atoms with Crippen molar-refractivity contribution < 1.29 is 9.47 Å². The van der Waals surface area contributed by atoms with Crippen molar-refractivity contribution in [2.45, 2.75) is 13.1 Å². The fraction of sp³-hybridized carbons (Fsp3) is 0.429. The van der Waals surface area contributed by atoms with Gasteiger partial charge in [0.15, 0.2) is 5.82 Å². The summed E-state index contributed by atoms with van der Waals surface area (Å²) in [4.78, 5) is 4.28. The highest BCUT2D eigenvalue weighted by Crippen LogP contribution is 2.23. The summed E-state index contributed by atoms with van der Waals surface area (Å²) in [5, 5.41) is 7.66. The van der Waals surface area contributed by atoms with Crippen LogP contribution in [0.2, 0.25) is 0 Å². The van der Waals surface area contributed by atoms with Gasteiger partial charge in [-0.3, -0.25) is 0 Å².